The zero-order valence-electron chi connectivity index (χ0n) is 14.2. The quantitative estimate of drug-likeness (QED) is 0.839. The van der Waals surface area contributed by atoms with Gasteiger partial charge in [0.15, 0.2) is 5.82 Å². The monoisotopic (exact) mass is 323 g/mol. The van der Waals surface area contributed by atoms with Crippen LogP contribution in [0.2, 0.25) is 0 Å². The third-order valence-electron chi connectivity index (χ3n) is 5.35. The number of aryl methyl sites for hydroxylation is 2. The van der Waals surface area contributed by atoms with Gasteiger partial charge in [-0.15, -0.1) is 15.3 Å². The Kier molecular flexibility index (Phi) is 3.68. The summed E-state index contributed by atoms with van der Waals surface area (Å²) in [7, 11) is 0. The van der Waals surface area contributed by atoms with Crippen LogP contribution in [0.1, 0.15) is 53.7 Å². The molecule has 7 nitrogen and oxygen atoms in total. The van der Waals surface area contributed by atoms with Crippen LogP contribution >= 0.6 is 0 Å². The lowest BCUT2D eigenvalue weighted by atomic mass is 9.95. The van der Waals surface area contributed by atoms with Crippen molar-refractivity contribution in [2.45, 2.75) is 52.0 Å². The van der Waals surface area contributed by atoms with Gasteiger partial charge in [0.1, 0.15) is 23.3 Å². The van der Waals surface area contributed by atoms with Gasteiger partial charge in [0.25, 0.3) is 0 Å². The van der Waals surface area contributed by atoms with Crippen LogP contribution < -0.4 is 4.90 Å². The molecule has 2 aliphatic heterocycles. The normalized spacial score (nSPS) is 17.8. The average Bonchev–Trinajstić information content (AvgIpc) is 3.21. The molecule has 124 valence electrons. The molecule has 0 atom stereocenters. The van der Waals surface area contributed by atoms with E-state index >= 15 is 0 Å². The van der Waals surface area contributed by atoms with Crippen molar-refractivity contribution >= 4 is 5.82 Å². The number of hydrogen-bond acceptors (Lipinski definition) is 6. The van der Waals surface area contributed by atoms with E-state index in [2.05, 4.69) is 35.9 Å². The fourth-order valence-corrected chi connectivity index (χ4v) is 3.78. The highest BCUT2D eigenvalue weighted by Gasteiger charge is 2.29. The molecule has 0 aliphatic carbocycles. The first-order chi connectivity index (χ1) is 11.7. The van der Waals surface area contributed by atoms with E-state index < -0.39 is 0 Å². The third kappa shape index (κ3) is 2.33. The van der Waals surface area contributed by atoms with Crippen molar-refractivity contribution < 1.29 is 0 Å². The molecule has 0 bridgehead atoms. The first kappa shape index (κ1) is 15.1. The first-order valence-electron chi connectivity index (χ1n) is 8.60. The summed E-state index contributed by atoms with van der Waals surface area (Å²) in [5.74, 6) is 3.46. The maximum atomic E-state index is 9.50. The summed E-state index contributed by atoms with van der Waals surface area (Å²) in [5.41, 5.74) is 2.41. The number of piperidine rings is 1. The van der Waals surface area contributed by atoms with Gasteiger partial charge in [-0.25, -0.2) is 0 Å². The van der Waals surface area contributed by atoms with E-state index in [0.717, 1.165) is 67.6 Å². The van der Waals surface area contributed by atoms with E-state index in [1.54, 1.807) is 0 Å². The Hall–Kier alpha value is -2.49. The molecular formula is C17H21N7. The minimum atomic E-state index is 0.450. The van der Waals surface area contributed by atoms with E-state index in [1.807, 2.05) is 13.8 Å². The van der Waals surface area contributed by atoms with Gasteiger partial charge in [-0.2, -0.15) is 10.4 Å². The summed E-state index contributed by atoms with van der Waals surface area (Å²) in [5, 5.41) is 26.8. The average molecular weight is 323 g/mol. The van der Waals surface area contributed by atoms with Crippen LogP contribution in [0, 0.1) is 25.2 Å². The van der Waals surface area contributed by atoms with Crippen molar-refractivity contribution in [3.8, 4) is 6.07 Å². The van der Waals surface area contributed by atoms with E-state index in [1.165, 1.54) is 6.42 Å². The molecule has 24 heavy (non-hydrogen) atoms. The lowest BCUT2D eigenvalue weighted by Gasteiger charge is -2.32. The van der Waals surface area contributed by atoms with Crippen LogP contribution in [-0.4, -0.2) is 38.1 Å². The van der Waals surface area contributed by atoms with Gasteiger partial charge in [0.2, 0.25) is 0 Å². The van der Waals surface area contributed by atoms with Crippen LogP contribution in [0.15, 0.2) is 0 Å². The van der Waals surface area contributed by atoms with Crippen molar-refractivity contribution in [3.63, 3.8) is 0 Å². The molecule has 7 heteroatoms. The van der Waals surface area contributed by atoms with E-state index in [9.17, 15) is 5.26 Å². The molecule has 0 spiro atoms. The molecule has 1 fully saturated rings. The fourth-order valence-electron chi connectivity index (χ4n) is 3.78. The fraction of sp³-hybridized carbons (Fsp3) is 0.588. The number of nitriles is 1. The molecule has 4 heterocycles. The predicted octanol–water partition coefficient (Wildman–Crippen LogP) is 1.89. The molecule has 0 saturated carbocycles. The summed E-state index contributed by atoms with van der Waals surface area (Å²) in [6.07, 6.45) is 4.26. The standard InChI is InChI=1S/C17H21N7/c1-11-12(2)19-22-17(14(11)10-18)23-8-5-13(6-9-23)16-21-20-15-4-3-7-24(15)16/h13H,3-9H2,1-2H3. The lowest BCUT2D eigenvalue weighted by Crippen LogP contribution is -2.35. The largest absolute Gasteiger partial charge is 0.354 e. The summed E-state index contributed by atoms with van der Waals surface area (Å²) in [6, 6.07) is 2.30. The molecule has 4 rings (SSSR count). The zero-order valence-corrected chi connectivity index (χ0v) is 14.2. The van der Waals surface area contributed by atoms with Gasteiger partial charge in [-0.1, -0.05) is 0 Å². The van der Waals surface area contributed by atoms with Gasteiger partial charge in [0.05, 0.1) is 5.69 Å². The lowest BCUT2D eigenvalue weighted by molar-refractivity contribution is 0.464. The second kappa shape index (κ2) is 5.86. The topological polar surface area (TPSA) is 83.5 Å². The summed E-state index contributed by atoms with van der Waals surface area (Å²) in [6.45, 7) is 6.64. The molecule has 1 saturated heterocycles. The molecule has 0 amide bonds. The van der Waals surface area contributed by atoms with E-state index in [-0.39, 0.29) is 0 Å². The molecule has 0 aromatic carbocycles. The number of hydrogen-bond donors (Lipinski definition) is 0. The van der Waals surface area contributed by atoms with Crippen molar-refractivity contribution in [1.29, 1.82) is 5.26 Å². The Bertz CT molecular complexity index is 809. The molecule has 2 aromatic heterocycles. The minimum absolute atomic E-state index is 0.450. The zero-order chi connectivity index (χ0) is 16.7. The molecule has 0 radical (unpaired) electrons. The molecular weight excluding hydrogens is 302 g/mol. The van der Waals surface area contributed by atoms with Crippen molar-refractivity contribution in [2.24, 2.45) is 0 Å². The van der Waals surface area contributed by atoms with E-state index in [0.29, 0.717) is 11.5 Å². The van der Waals surface area contributed by atoms with Crippen LogP contribution in [0.5, 0.6) is 0 Å². The van der Waals surface area contributed by atoms with Gasteiger partial charge < -0.3 is 9.47 Å². The minimum Gasteiger partial charge on any atom is -0.354 e. The second-order valence-electron chi connectivity index (χ2n) is 6.71. The summed E-state index contributed by atoms with van der Waals surface area (Å²) >= 11 is 0. The predicted molar refractivity (Wildman–Crippen MR) is 88.8 cm³/mol. The van der Waals surface area contributed by atoms with Crippen LogP contribution in [0.25, 0.3) is 0 Å². The Morgan fingerprint density at radius 2 is 1.83 bits per heavy atom. The highest BCUT2D eigenvalue weighted by Crippen LogP contribution is 2.32. The second-order valence-corrected chi connectivity index (χ2v) is 6.71. The van der Waals surface area contributed by atoms with Crippen LogP contribution in [0.4, 0.5) is 5.82 Å². The van der Waals surface area contributed by atoms with Crippen molar-refractivity contribution in [3.05, 3.63) is 28.5 Å². The smallest absolute Gasteiger partial charge is 0.169 e. The van der Waals surface area contributed by atoms with Gasteiger partial charge in [0, 0.05) is 32.0 Å². The Morgan fingerprint density at radius 1 is 1.04 bits per heavy atom. The van der Waals surface area contributed by atoms with Crippen LogP contribution in [0.3, 0.4) is 0 Å². The molecule has 0 unspecified atom stereocenters. The third-order valence-corrected chi connectivity index (χ3v) is 5.35. The Balaban J connectivity index is 1.53. The molecule has 2 aromatic rings. The number of rotatable bonds is 2. The SMILES string of the molecule is Cc1nnc(N2CCC(c3nnc4n3CCC4)CC2)c(C#N)c1C. The number of nitrogens with zero attached hydrogens (tertiary/aromatic N) is 7. The first-order valence-corrected chi connectivity index (χ1v) is 8.60. The Labute approximate surface area is 141 Å². The summed E-state index contributed by atoms with van der Waals surface area (Å²) in [4.78, 5) is 2.19. The number of fused-ring (bicyclic) bond motifs is 1. The van der Waals surface area contributed by atoms with Crippen molar-refractivity contribution in [2.75, 3.05) is 18.0 Å². The highest BCUT2D eigenvalue weighted by molar-refractivity contribution is 5.57. The maximum absolute atomic E-state index is 9.50. The maximum Gasteiger partial charge on any atom is 0.169 e. The van der Waals surface area contributed by atoms with Crippen LogP contribution in [-0.2, 0) is 13.0 Å². The van der Waals surface area contributed by atoms with E-state index in [4.69, 9.17) is 0 Å². The highest BCUT2D eigenvalue weighted by atomic mass is 15.3. The number of anilines is 1. The number of aromatic nitrogens is 5. The van der Waals surface area contributed by atoms with Gasteiger partial charge in [-0.05, 0) is 38.7 Å². The molecule has 0 N–H and O–H groups in total. The van der Waals surface area contributed by atoms with Gasteiger partial charge in [-0.3, -0.25) is 0 Å². The van der Waals surface area contributed by atoms with Crippen molar-refractivity contribution in [1.82, 2.24) is 25.0 Å². The Morgan fingerprint density at radius 3 is 2.58 bits per heavy atom. The molecule has 2 aliphatic rings. The van der Waals surface area contributed by atoms with Gasteiger partial charge >= 0.3 is 0 Å². The summed E-state index contributed by atoms with van der Waals surface area (Å²) < 4.78 is 2.30.